The molecule has 2 aromatic heterocycles. The van der Waals surface area contributed by atoms with Gasteiger partial charge in [-0.2, -0.15) is 5.10 Å². The molecule has 15 heavy (non-hydrogen) atoms. The molecular weight excluding hydrogens is 196 g/mol. The van der Waals surface area contributed by atoms with Crippen molar-refractivity contribution in [3.8, 4) is 0 Å². The summed E-state index contributed by atoms with van der Waals surface area (Å²) in [6, 6.07) is 1.77. The van der Waals surface area contributed by atoms with E-state index in [1.165, 1.54) is 0 Å². The molecule has 0 saturated carbocycles. The zero-order valence-electron chi connectivity index (χ0n) is 8.36. The molecule has 0 unspecified atom stereocenters. The van der Waals surface area contributed by atoms with Crippen molar-refractivity contribution in [1.82, 2.24) is 14.8 Å². The Kier molecular flexibility index (Phi) is 2.42. The topological polar surface area (TPSA) is 85.9 Å². The number of nitrogens with two attached hydrogens (primary N) is 1. The van der Waals surface area contributed by atoms with Gasteiger partial charge in [0, 0.05) is 19.9 Å². The Morgan fingerprint density at radius 3 is 3.20 bits per heavy atom. The second kappa shape index (κ2) is 3.74. The van der Waals surface area contributed by atoms with Gasteiger partial charge in [0.2, 0.25) is 0 Å². The van der Waals surface area contributed by atoms with E-state index in [-0.39, 0.29) is 11.4 Å². The van der Waals surface area contributed by atoms with Gasteiger partial charge in [-0.25, -0.2) is 0 Å². The highest BCUT2D eigenvalue weighted by molar-refractivity contribution is 5.87. The molecule has 0 aliphatic rings. The van der Waals surface area contributed by atoms with Gasteiger partial charge >= 0.3 is 0 Å². The van der Waals surface area contributed by atoms with Gasteiger partial charge in [-0.05, 0) is 6.07 Å². The fourth-order valence-corrected chi connectivity index (χ4v) is 1.46. The minimum Gasteiger partial charge on any atom is -0.383 e. The molecule has 0 spiro atoms. The van der Waals surface area contributed by atoms with Gasteiger partial charge in [0.05, 0.1) is 12.1 Å². The first-order chi connectivity index (χ1) is 7.24. The van der Waals surface area contributed by atoms with Crippen LogP contribution in [0.1, 0.15) is 0 Å². The molecule has 3 N–H and O–H groups in total. The minimum absolute atomic E-state index is 0.143. The summed E-state index contributed by atoms with van der Waals surface area (Å²) in [4.78, 5) is 11.9. The Hall–Kier alpha value is -1.82. The molecule has 0 bridgehead atoms. The zero-order valence-corrected chi connectivity index (χ0v) is 8.36. The van der Waals surface area contributed by atoms with Gasteiger partial charge < -0.3 is 15.0 Å². The lowest BCUT2D eigenvalue weighted by Crippen LogP contribution is -2.21. The molecule has 0 aromatic carbocycles. The van der Waals surface area contributed by atoms with Gasteiger partial charge in [0.25, 0.3) is 5.56 Å². The second-order valence-electron chi connectivity index (χ2n) is 3.20. The fraction of sp³-hybridized carbons (Fsp3) is 0.333. The Labute approximate surface area is 85.6 Å². The van der Waals surface area contributed by atoms with Crippen molar-refractivity contribution >= 4 is 16.7 Å². The van der Waals surface area contributed by atoms with Crippen LogP contribution in [0.25, 0.3) is 10.9 Å². The second-order valence-corrected chi connectivity index (χ2v) is 3.20. The Morgan fingerprint density at radius 2 is 2.47 bits per heavy atom. The highest BCUT2D eigenvalue weighted by Crippen LogP contribution is 2.11. The van der Waals surface area contributed by atoms with Crippen molar-refractivity contribution in [3.05, 3.63) is 22.6 Å². The molecule has 0 radical (unpaired) electrons. The highest BCUT2D eigenvalue weighted by Gasteiger charge is 2.08. The number of aromatic amines is 1. The normalized spacial score (nSPS) is 11.0. The van der Waals surface area contributed by atoms with Gasteiger partial charge in [0.1, 0.15) is 5.39 Å². The molecule has 2 rings (SSSR count). The number of anilines is 1. The first kappa shape index (κ1) is 9.72. The SMILES string of the molecule is COCCn1ccc2[nH]nc(N)c2c1=O. The van der Waals surface area contributed by atoms with Crippen molar-refractivity contribution < 1.29 is 4.74 Å². The molecule has 0 amide bonds. The van der Waals surface area contributed by atoms with Crippen LogP contribution in [0.2, 0.25) is 0 Å². The average Bonchev–Trinajstić information content (AvgIpc) is 2.60. The van der Waals surface area contributed by atoms with E-state index in [0.717, 1.165) is 0 Å². The Balaban J connectivity index is 2.54. The summed E-state index contributed by atoms with van der Waals surface area (Å²) in [6.07, 6.45) is 1.70. The third-order valence-electron chi connectivity index (χ3n) is 2.25. The van der Waals surface area contributed by atoms with Crippen LogP contribution in [0.4, 0.5) is 5.82 Å². The van der Waals surface area contributed by atoms with E-state index in [9.17, 15) is 4.79 Å². The van der Waals surface area contributed by atoms with Gasteiger partial charge in [-0.1, -0.05) is 0 Å². The molecule has 6 nitrogen and oxygen atoms in total. The van der Waals surface area contributed by atoms with E-state index in [4.69, 9.17) is 10.5 Å². The number of hydrogen-bond acceptors (Lipinski definition) is 4. The third kappa shape index (κ3) is 1.59. The number of H-pyrrole nitrogens is 1. The van der Waals surface area contributed by atoms with Crippen LogP contribution in [-0.4, -0.2) is 28.5 Å². The summed E-state index contributed by atoms with van der Waals surface area (Å²) in [6.45, 7) is 0.999. The summed E-state index contributed by atoms with van der Waals surface area (Å²) >= 11 is 0. The summed E-state index contributed by atoms with van der Waals surface area (Å²) < 4.78 is 6.46. The molecule has 6 heteroatoms. The number of pyridine rings is 1. The number of rotatable bonds is 3. The van der Waals surface area contributed by atoms with Crippen LogP contribution in [0, 0.1) is 0 Å². The molecule has 80 valence electrons. The molecule has 0 atom stereocenters. The lowest BCUT2D eigenvalue weighted by molar-refractivity contribution is 0.186. The maximum atomic E-state index is 11.9. The lowest BCUT2D eigenvalue weighted by atomic mass is 10.3. The summed E-state index contributed by atoms with van der Waals surface area (Å²) in [5, 5.41) is 6.92. The number of aromatic nitrogens is 3. The van der Waals surface area contributed by atoms with Crippen LogP contribution < -0.4 is 11.3 Å². The lowest BCUT2D eigenvalue weighted by Gasteiger charge is -2.03. The summed E-state index contributed by atoms with van der Waals surface area (Å²) in [5.41, 5.74) is 6.10. The van der Waals surface area contributed by atoms with Crippen molar-refractivity contribution in [1.29, 1.82) is 0 Å². The van der Waals surface area contributed by atoms with Crippen molar-refractivity contribution in [2.45, 2.75) is 6.54 Å². The third-order valence-corrected chi connectivity index (χ3v) is 2.25. The number of ether oxygens (including phenoxy) is 1. The quantitative estimate of drug-likeness (QED) is 0.740. The molecular formula is C9H12N4O2. The number of nitrogens with zero attached hydrogens (tertiary/aromatic N) is 2. The first-order valence-electron chi connectivity index (χ1n) is 4.56. The first-order valence-corrected chi connectivity index (χ1v) is 4.56. The fourth-order valence-electron chi connectivity index (χ4n) is 1.46. The number of hydrogen-bond donors (Lipinski definition) is 2. The van der Waals surface area contributed by atoms with Gasteiger partial charge in [-0.3, -0.25) is 9.89 Å². The number of fused-ring (bicyclic) bond motifs is 1. The number of methoxy groups -OCH3 is 1. The van der Waals surface area contributed by atoms with Crippen LogP contribution in [0.15, 0.2) is 17.1 Å². The standard InChI is InChI=1S/C9H12N4O2/c1-15-5-4-13-3-2-6-7(9(13)14)8(10)12-11-6/h2-3H,4-5H2,1H3,(H3,10,11,12). The molecule has 0 aliphatic heterocycles. The molecule has 0 fully saturated rings. The van der Waals surface area contributed by atoms with E-state index in [1.807, 2.05) is 0 Å². The largest absolute Gasteiger partial charge is 0.383 e. The Morgan fingerprint density at radius 1 is 1.67 bits per heavy atom. The van der Waals surface area contributed by atoms with Gasteiger partial charge in [0.15, 0.2) is 5.82 Å². The highest BCUT2D eigenvalue weighted by atomic mass is 16.5. The van der Waals surface area contributed by atoms with E-state index in [2.05, 4.69) is 10.2 Å². The predicted octanol–water partition coefficient (Wildman–Crippen LogP) is -0.0468. The van der Waals surface area contributed by atoms with Crippen LogP contribution in [-0.2, 0) is 11.3 Å². The molecule has 2 heterocycles. The smallest absolute Gasteiger partial charge is 0.263 e. The van der Waals surface area contributed by atoms with E-state index in [1.54, 1.807) is 23.9 Å². The molecule has 0 saturated heterocycles. The minimum atomic E-state index is -0.143. The molecule has 0 aliphatic carbocycles. The summed E-state index contributed by atoms with van der Waals surface area (Å²) in [5.74, 6) is 0.238. The zero-order chi connectivity index (χ0) is 10.8. The maximum Gasteiger partial charge on any atom is 0.263 e. The van der Waals surface area contributed by atoms with Gasteiger partial charge in [-0.15, -0.1) is 0 Å². The Bertz CT molecular complexity index is 528. The number of nitrogens with one attached hydrogen (secondary N) is 1. The van der Waals surface area contributed by atoms with E-state index < -0.39 is 0 Å². The monoisotopic (exact) mass is 208 g/mol. The van der Waals surface area contributed by atoms with Crippen LogP contribution >= 0.6 is 0 Å². The average molecular weight is 208 g/mol. The van der Waals surface area contributed by atoms with Crippen LogP contribution in [0.5, 0.6) is 0 Å². The van der Waals surface area contributed by atoms with Crippen LogP contribution in [0.3, 0.4) is 0 Å². The number of nitrogen functional groups attached to an aromatic ring is 1. The van der Waals surface area contributed by atoms with E-state index in [0.29, 0.717) is 24.1 Å². The predicted molar refractivity (Wildman–Crippen MR) is 56.6 cm³/mol. The summed E-state index contributed by atoms with van der Waals surface area (Å²) in [7, 11) is 1.59. The maximum absolute atomic E-state index is 11.9. The van der Waals surface area contributed by atoms with E-state index >= 15 is 0 Å². The van der Waals surface area contributed by atoms with Crippen molar-refractivity contribution in [3.63, 3.8) is 0 Å². The molecule has 2 aromatic rings. The van der Waals surface area contributed by atoms with Crippen molar-refractivity contribution in [2.24, 2.45) is 0 Å². The van der Waals surface area contributed by atoms with Crippen molar-refractivity contribution in [2.75, 3.05) is 19.5 Å².